The zero-order valence-corrected chi connectivity index (χ0v) is 7.93. The third kappa shape index (κ3) is 5.76. The van der Waals surface area contributed by atoms with Crippen molar-refractivity contribution in [1.29, 1.82) is 0 Å². The van der Waals surface area contributed by atoms with Crippen molar-refractivity contribution < 1.29 is 13.2 Å². The van der Waals surface area contributed by atoms with Gasteiger partial charge in [-0.1, -0.05) is 30.0 Å². The lowest BCUT2D eigenvalue weighted by Crippen LogP contribution is -2.28. The first-order chi connectivity index (χ1) is 7.08. The maximum atomic E-state index is 11.7. The Hall–Kier alpha value is -1.47. The standard InChI is InChI=1S/C11H10F3N/c12-11(13,14)9-15-8-4-7-10-5-2-1-3-6-10/h1-3,5-6,15H,8-9H2. The molecular formula is C11H10F3N. The summed E-state index contributed by atoms with van der Waals surface area (Å²) >= 11 is 0. The van der Waals surface area contributed by atoms with Crippen molar-refractivity contribution in [3.05, 3.63) is 35.9 Å². The fourth-order valence-electron chi connectivity index (χ4n) is 0.934. The van der Waals surface area contributed by atoms with Crippen molar-refractivity contribution in [2.45, 2.75) is 6.18 Å². The van der Waals surface area contributed by atoms with Crippen molar-refractivity contribution in [3.63, 3.8) is 0 Å². The normalized spacial score (nSPS) is 10.6. The largest absolute Gasteiger partial charge is 0.401 e. The van der Waals surface area contributed by atoms with Crippen LogP contribution in [0.4, 0.5) is 13.2 Å². The van der Waals surface area contributed by atoms with Gasteiger partial charge in [-0.15, -0.1) is 0 Å². The van der Waals surface area contributed by atoms with E-state index in [1.54, 1.807) is 12.1 Å². The van der Waals surface area contributed by atoms with Crippen molar-refractivity contribution >= 4 is 0 Å². The van der Waals surface area contributed by atoms with E-state index in [-0.39, 0.29) is 6.54 Å². The van der Waals surface area contributed by atoms with Crippen LogP contribution in [0.3, 0.4) is 0 Å². The number of nitrogens with one attached hydrogen (secondary N) is 1. The van der Waals surface area contributed by atoms with Crippen LogP contribution < -0.4 is 5.32 Å². The molecule has 0 saturated heterocycles. The molecule has 15 heavy (non-hydrogen) atoms. The van der Waals surface area contributed by atoms with Gasteiger partial charge in [-0.05, 0) is 12.1 Å². The van der Waals surface area contributed by atoms with Gasteiger partial charge in [-0.25, -0.2) is 0 Å². The quantitative estimate of drug-likeness (QED) is 0.586. The van der Waals surface area contributed by atoms with Crippen LogP contribution in [0, 0.1) is 11.8 Å². The number of alkyl halides is 3. The third-order valence-electron chi connectivity index (χ3n) is 1.55. The van der Waals surface area contributed by atoms with E-state index in [4.69, 9.17) is 0 Å². The lowest BCUT2D eigenvalue weighted by Gasteiger charge is -2.04. The highest BCUT2D eigenvalue weighted by atomic mass is 19.4. The van der Waals surface area contributed by atoms with Gasteiger partial charge in [-0.2, -0.15) is 13.2 Å². The van der Waals surface area contributed by atoms with Crippen LogP contribution >= 0.6 is 0 Å². The monoisotopic (exact) mass is 213 g/mol. The molecule has 0 saturated carbocycles. The molecule has 0 aromatic heterocycles. The van der Waals surface area contributed by atoms with Gasteiger partial charge in [-0.3, -0.25) is 5.32 Å². The molecule has 1 nitrogen and oxygen atoms in total. The second kappa shape index (κ2) is 5.42. The van der Waals surface area contributed by atoms with Crippen LogP contribution in [0.15, 0.2) is 30.3 Å². The summed E-state index contributed by atoms with van der Waals surface area (Å²) in [5.74, 6) is 5.36. The molecule has 1 aromatic carbocycles. The molecule has 1 N–H and O–H groups in total. The van der Waals surface area contributed by atoms with Gasteiger partial charge in [0.05, 0.1) is 13.1 Å². The van der Waals surface area contributed by atoms with Crippen LogP contribution in [0.5, 0.6) is 0 Å². The van der Waals surface area contributed by atoms with Crippen molar-refractivity contribution in [2.24, 2.45) is 0 Å². The summed E-state index contributed by atoms with van der Waals surface area (Å²) < 4.78 is 35.1. The first-order valence-corrected chi connectivity index (χ1v) is 4.39. The molecule has 1 rings (SSSR count). The Balaban J connectivity index is 2.30. The summed E-state index contributed by atoms with van der Waals surface area (Å²) in [5.41, 5.74) is 0.798. The SMILES string of the molecule is FC(F)(F)CNCC#Cc1ccccc1. The molecule has 0 spiro atoms. The van der Waals surface area contributed by atoms with Crippen molar-refractivity contribution in [3.8, 4) is 11.8 Å². The van der Waals surface area contributed by atoms with E-state index in [0.29, 0.717) is 0 Å². The van der Waals surface area contributed by atoms with E-state index in [2.05, 4.69) is 17.2 Å². The molecule has 0 bridgehead atoms. The summed E-state index contributed by atoms with van der Waals surface area (Å²) in [5, 5.41) is 2.20. The Labute approximate surface area is 86.3 Å². The molecule has 4 heteroatoms. The predicted octanol–water partition coefficient (Wildman–Crippen LogP) is 2.19. The Morgan fingerprint density at radius 2 is 1.80 bits per heavy atom. The smallest absolute Gasteiger partial charge is 0.298 e. The van der Waals surface area contributed by atoms with Crippen LogP contribution in [-0.2, 0) is 0 Å². The maximum Gasteiger partial charge on any atom is 0.401 e. The van der Waals surface area contributed by atoms with Crippen LogP contribution in [-0.4, -0.2) is 19.3 Å². The van der Waals surface area contributed by atoms with E-state index in [0.717, 1.165) is 5.56 Å². The highest BCUT2D eigenvalue weighted by Crippen LogP contribution is 2.11. The molecule has 0 amide bonds. The van der Waals surface area contributed by atoms with Crippen molar-refractivity contribution in [2.75, 3.05) is 13.1 Å². The molecule has 0 unspecified atom stereocenters. The van der Waals surface area contributed by atoms with E-state index in [1.165, 1.54) is 0 Å². The first-order valence-electron chi connectivity index (χ1n) is 4.39. The molecule has 0 aliphatic rings. The molecule has 0 aliphatic heterocycles. The Morgan fingerprint density at radius 3 is 2.40 bits per heavy atom. The van der Waals surface area contributed by atoms with Gasteiger partial charge in [0.25, 0.3) is 0 Å². The molecule has 0 heterocycles. The van der Waals surface area contributed by atoms with E-state index >= 15 is 0 Å². The zero-order valence-electron chi connectivity index (χ0n) is 7.93. The number of rotatable bonds is 2. The average Bonchev–Trinajstić information content (AvgIpc) is 2.17. The summed E-state index contributed by atoms with van der Waals surface area (Å²) in [6.45, 7) is -0.967. The van der Waals surface area contributed by atoms with E-state index < -0.39 is 12.7 Å². The van der Waals surface area contributed by atoms with E-state index in [9.17, 15) is 13.2 Å². The number of hydrogen-bond acceptors (Lipinski definition) is 1. The van der Waals surface area contributed by atoms with Crippen LogP contribution in [0.1, 0.15) is 5.56 Å². The van der Waals surface area contributed by atoms with Gasteiger partial charge in [0.2, 0.25) is 0 Å². The fraction of sp³-hybridized carbons (Fsp3) is 0.273. The number of halogens is 3. The predicted molar refractivity (Wildman–Crippen MR) is 52.2 cm³/mol. The topological polar surface area (TPSA) is 12.0 Å². The Bertz CT molecular complexity index is 346. The lowest BCUT2D eigenvalue weighted by molar-refractivity contribution is -0.124. The summed E-state index contributed by atoms with van der Waals surface area (Å²) in [6.07, 6.45) is -4.17. The second-order valence-electron chi connectivity index (χ2n) is 2.89. The molecule has 0 fully saturated rings. The lowest BCUT2D eigenvalue weighted by atomic mass is 10.2. The fourth-order valence-corrected chi connectivity index (χ4v) is 0.934. The van der Waals surface area contributed by atoms with E-state index in [1.807, 2.05) is 18.2 Å². The minimum Gasteiger partial charge on any atom is -0.298 e. The van der Waals surface area contributed by atoms with Crippen LogP contribution in [0.2, 0.25) is 0 Å². The molecule has 0 aliphatic carbocycles. The molecule has 0 atom stereocenters. The average molecular weight is 213 g/mol. The zero-order chi connectivity index (χ0) is 11.1. The molecule has 0 radical (unpaired) electrons. The van der Waals surface area contributed by atoms with Gasteiger partial charge < -0.3 is 0 Å². The summed E-state index contributed by atoms with van der Waals surface area (Å²) in [7, 11) is 0. The minimum absolute atomic E-state index is 0.0361. The molecular weight excluding hydrogens is 203 g/mol. The Kier molecular flexibility index (Phi) is 4.19. The third-order valence-corrected chi connectivity index (χ3v) is 1.55. The Morgan fingerprint density at radius 1 is 1.13 bits per heavy atom. The summed E-state index contributed by atoms with van der Waals surface area (Å²) in [4.78, 5) is 0. The van der Waals surface area contributed by atoms with Gasteiger partial charge >= 0.3 is 6.18 Å². The summed E-state index contributed by atoms with van der Waals surface area (Å²) in [6, 6.07) is 9.11. The van der Waals surface area contributed by atoms with Gasteiger partial charge in [0.1, 0.15) is 0 Å². The van der Waals surface area contributed by atoms with Gasteiger partial charge in [0, 0.05) is 5.56 Å². The number of benzene rings is 1. The number of hydrogen-bond donors (Lipinski definition) is 1. The maximum absolute atomic E-state index is 11.7. The highest BCUT2D eigenvalue weighted by molar-refractivity contribution is 5.33. The highest BCUT2D eigenvalue weighted by Gasteiger charge is 2.25. The van der Waals surface area contributed by atoms with Gasteiger partial charge in [0.15, 0.2) is 0 Å². The van der Waals surface area contributed by atoms with Crippen LogP contribution in [0.25, 0.3) is 0 Å². The van der Waals surface area contributed by atoms with Crippen molar-refractivity contribution in [1.82, 2.24) is 5.32 Å². The minimum atomic E-state index is -4.17. The molecule has 80 valence electrons. The first kappa shape index (κ1) is 11.6. The molecule has 1 aromatic rings. The second-order valence-corrected chi connectivity index (χ2v) is 2.89.